The number of nitrogens with two attached hydrogens (primary N) is 1. The van der Waals surface area contributed by atoms with E-state index in [1.807, 2.05) is 0 Å². The molecule has 0 aliphatic carbocycles. The second-order valence-electron chi connectivity index (χ2n) is 2.69. The summed E-state index contributed by atoms with van der Waals surface area (Å²) >= 11 is 2.79. The number of pyridine rings is 1. The lowest BCUT2D eigenvalue weighted by atomic mass is 10.1. The van der Waals surface area contributed by atoms with Crippen LogP contribution in [0.25, 0.3) is 0 Å². The molecule has 0 aromatic carbocycles. The fourth-order valence-corrected chi connectivity index (χ4v) is 1.29. The van der Waals surface area contributed by atoms with Crippen LogP contribution in [0.15, 0.2) is 12.1 Å². The average molecular weight is 283 g/mol. The van der Waals surface area contributed by atoms with Crippen LogP contribution in [0.1, 0.15) is 16.1 Å². The second kappa shape index (κ2) is 4.18. The third kappa shape index (κ3) is 2.68. The van der Waals surface area contributed by atoms with Gasteiger partial charge in [0.05, 0.1) is 5.33 Å². The van der Waals surface area contributed by atoms with E-state index in [9.17, 15) is 18.0 Å². The van der Waals surface area contributed by atoms with Crippen molar-refractivity contribution in [2.24, 2.45) is 0 Å². The molecule has 1 heterocycles. The van der Waals surface area contributed by atoms with E-state index in [4.69, 9.17) is 5.73 Å². The fraction of sp³-hybridized carbons (Fsp3) is 0.250. The normalized spacial score (nSPS) is 11.5. The Balaban J connectivity index is 3.33. The lowest BCUT2D eigenvalue weighted by molar-refractivity contribution is -0.141. The van der Waals surface area contributed by atoms with Gasteiger partial charge in [-0.1, -0.05) is 15.9 Å². The summed E-state index contributed by atoms with van der Waals surface area (Å²) in [6.07, 6.45) is -4.68. The van der Waals surface area contributed by atoms with E-state index in [-0.39, 0.29) is 11.1 Å². The molecule has 82 valence electrons. The standard InChI is InChI=1S/C8H6BrF3N2O/c9-3-5(15)4-1-2-6(13)14-7(4)8(10,11)12/h1-2H,3H2,(H2,13,14). The van der Waals surface area contributed by atoms with Gasteiger partial charge in [-0.3, -0.25) is 4.79 Å². The maximum absolute atomic E-state index is 12.4. The number of ketones is 1. The molecule has 0 saturated carbocycles. The predicted octanol–water partition coefficient (Wildman–Crippen LogP) is 2.26. The number of aromatic nitrogens is 1. The van der Waals surface area contributed by atoms with Crippen molar-refractivity contribution in [3.63, 3.8) is 0 Å². The minimum Gasteiger partial charge on any atom is -0.384 e. The number of anilines is 1. The first-order valence-corrected chi connectivity index (χ1v) is 4.91. The number of hydrogen-bond donors (Lipinski definition) is 1. The summed E-state index contributed by atoms with van der Waals surface area (Å²) in [7, 11) is 0. The molecule has 0 aliphatic rings. The van der Waals surface area contributed by atoms with Gasteiger partial charge in [-0.05, 0) is 12.1 Å². The molecule has 15 heavy (non-hydrogen) atoms. The number of hydrogen-bond acceptors (Lipinski definition) is 3. The van der Waals surface area contributed by atoms with Gasteiger partial charge in [0.25, 0.3) is 0 Å². The molecule has 3 nitrogen and oxygen atoms in total. The summed E-state index contributed by atoms with van der Waals surface area (Å²) < 4.78 is 37.3. The Kier molecular flexibility index (Phi) is 3.33. The van der Waals surface area contributed by atoms with Crippen LogP contribution in [0.2, 0.25) is 0 Å². The Bertz CT molecular complexity index is 392. The van der Waals surface area contributed by atoms with Gasteiger partial charge in [-0.2, -0.15) is 13.2 Å². The van der Waals surface area contributed by atoms with Gasteiger partial charge in [-0.25, -0.2) is 4.98 Å². The van der Waals surface area contributed by atoms with Crippen molar-refractivity contribution in [2.75, 3.05) is 11.1 Å². The Morgan fingerprint density at radius 2 is 2.07 bits per heavy atom. The van der Waals surface area contributed by atoms with Gasteiger partial charge in [0, 0.05) is 5.56 Å². The molecule has 0 spiro atoms. The first-order chi connectivity index (χ1) is 6.86. The van der Waals surface area contributed by atoms with E-state index >= 15 is 0 Å². The predicted molar refractivity (Wildman–Crippen MR) is 51.8 cm³/mol. The van der Waals surface area contributed by atoms with Gasteiger partial charge in [0.2, 0.25) is 0 Å². The minimum atomic E-state index is -4.68. The van der Waals surface area contributed by atoms with Crippen molar-refractivity contribution >= 4 is 27.5 Å². The molecule has 0 fully saturated rings. The monoisotopic (exact) mass is 282 g/mol. The minimum absolute atomic E-state index is 0.193. The molecule has 1 aromatic heterocycles. The number of halogens is 4. The number of alkyl halides is 4. The van der Waals surface area contributed by atoms with Gasteiger partial charge < -0.3 is 5.73 Å². The molecule has 2 N–H and O–H groups in total. The van der Waals surface area contributed by atoms with E-state index in [2.05, 4.69) is 20.9 Å². The molecule has 7 heteroatoms. The van der Waals surface area contributed by atoms with Crippen LogP contribution in [0.4, 0.5) is 19.0 Å². The number of carbonyl (C=O) groups excluding carboxylic acids is 1. The maximum atomic E-state index is 12.4. The average Bonchev–Trinajstić information content (AvgIpc) is 2.15. The quantitative estimate of drug-likeness (QED) is 0.669. The number of nitrogens with zero attached hydrogens (tertiary/aromatic N) is 1. The zero-order chi connectivity index (χ0) is 11.6. The van der Waals surface area contributed by atoms with Crippen molar-refractivity contribution in [2.45, 2.75) is 6.18 Å². The molecule has 0 radical (unpaired) electrons. The van der Waals surface area contributed by atoms with Crippen molar-refractivity contribution in [1.29, 1.82) is 0 Å². The first-order valence-electron chi connectivity index (χ1n) is 3.79. The molecule has 0 saturated heterocycles. The van der Waals surface area contributed by atoms with Crippen LogP contribution < -0.4 is 5.73 Å². The van der Waals surface area contributed by atoms with Crippen LogP contribution in [0.5, 0.6) is 0 Å². The Hall–Kier alpha value is -1.11. The number of carbonyl (C=O) groups is 1. The summed E-state index contributed by atoms with van der Waals surface area (Å²) in [6.45, 7) is 0. The van der Waals surface area contributed by atoms with E-state index in [1.165, 1.54) is 0 Å². The van der Waals surface area contributed by atoms with Crippen molar-refractivity contribution in [1.82, 2.24) is 4.98 Å². The second-order valence-corrected chi connectivity index (χ2v) is 3.25. The highest BCUT2D eigenvalue weighted by molar-refractivity contribution is 9.09. The highest BCUT2D eigenvalue weighted by atomic mass is 79.9. The third-order valence-corrected chi connectivity index (χ3v) is 2.12. The van der Waals surface area contributed by atoms with E-state index in [1.54, 1.807) is 0 Å². The van der Waals surface area contributed by atoms with Crippen LogP contribution in [-0.2, 0) is 6.18 Å². The Labute approximate surface area is 91.6 Å². The Morgan fingerprint density at radius 3 is 2.53 bits per heavy atom. The third-order valence-electron chi connectivity index (χ3n) is 1.61. The molecule has 0 bridgehead atoms. The van der Waals surface area contributed by atoms with Crippen LogP contribution in [-0.4, -0.2) is 16.1 Å². The summed E-state index contributed by atoms with van der Waals surface area (Å²) in [5.74, 6) is -0.955. The van der Waals surface area contributed by atoms with E-state index in [0.29, 0.717) is 0 Å². The zero-order valence-electron chi connectivity index (χ0n) is 7.31. The lowest BCUT2D eigenvalue weighted by Gasteiger charge is -2.10. The van der Waals surface area contributed by atoms with Crippen molar-refractivity contribution in [3.8, 4) is 0 Å². The highest BCUT2D eigenvalue weighted by Crippen LogP contribution is 2.31. The molecule has 0 amide bonds. The largest absolute Gasteiger partial charge is 0.434 e. The van der Waals surface area contributed by atoms with Crippen molar-refractivity contribution < 1.29 is 18.0 Å². The molecule has 0 aliphatic heterocycles. The van der Waals surface area contributed by atoms with Crippen LogP contribution >= 0.6 is 15.9 Å². The summed E-state index contributed by atoms with van der Waals surface area (Å²) in [5, 5.41) is -0.193. The maximum Gasteiger partial charge on any atom is 0.434 e. The molecule has 0 unspecified atom stereocenters. The summed E-state index contributed by atoms with van der Waals surface area (Å²) in [4.78, 5) is 14.3. The topological polar surface area (TPSA) is 56.0 Å². The van der Waals surface area contributed by atoms with Crippen LogP contribution in [0.3, 0.4) is 0 Å². The van der Waals surface area contributed by atoms with E-state index in [0.717, 1.165) is 12.1 Å². The van der Waals surface area contributed by atoms with Gasteiger partial charge in [-0.15, -0.1) is 0 Å². The summed E-state index contributed by atoms with van der Waals surface area (Å²) in [5.41, 5.74) is 3.41. The van der Waals surface area contributed by atoms with E-state index < -0.39 is 23.2 Å². The SMILES string of the molecule is Nc1ccc(C(=O)CBr)c(C(F)(F)F)n1. The highest BCUT2D eigenvalue weighted by Gasteiger charge is 2.37. The lowest BCUT2D eigenvalue weighted by Crippen LogP contribution is -2.17. The first kappa shape index (κ1) is 12.0. The Morgan fingerprint density at radius 1 is 1.47 bits per heavy atom. The van der Waals surface area contributed by atoms with Crippen molar-refractivity contribution in [3.05, 3.63) is 23.4 Å². The summed E-state index contributed by atoms with van der Waals surface area (Å²) in [6, 6.07) is 2.18. The molecular formula is C8H6BrF3N2O. The van der Waals surface area contributed by atoms with Gasteiger partial charge in [0.1, 0.15) is 5.82 Å². The number of Topliss-reactive ketones (excluding diaryl/α,β-unsaturated/α-hetero) is 1. The molecule has 1 aromatic rings. The number of rotatable bonds is 2. The molecular weight excluding hydrogens is 277 g/mol. The molecule has 1 rings (SSSR count). The zero-order valence-corrected chi connectivity index (χ0v) is 8.89. The van der Waals surface area contributed by atoms with Gasteiger partial charge >= 0.3 is 6.18 Å². The smallest absolute Gasteiger partial charge is 0.384 e. The fourth-order valence-electron chi connectivity index (χ4n) is 0.987. The number of nitrogen functional groups attached to an aromatic ring is 1. The van der Waals surface area contributed by atoms with Crippen LogP contribution in [0, 0.1) is 0 Å². The van der Waals surface area contributed by atoms with Gasteiger partial charge in [0.15, 0.2) is 11.5 Å². The molecule has 0 atom stereocenters.